The molecule has 0 aromatic heterocycles. The molecule has 0 aliphatic rings. The van der Waals surface area contributed by atoms with Crippen molar-refractivity contribution >= 4 is 28.1 Å². The number of nitrogens with zero attached hydrogens (tertiary/aromatic N) is 2. The molecule has 0 aliphatic carbocycles. The van der Waals surface area contributed by atoms with Crippen molar-refractivity contribution < 1.29 is 13.9 Å². The molecule has 0 atom stereocenters. The molecular weight excluding hydrogens is 389 g/mol. The topological polar surface area (TPSA) is 74.5 Å². The molecule has 0 unspecified atom stereocenters. The van der Waals surface area contributed by atoms with E-state index in [1.54, 1.807) is 30.3 Å². The molecule has 0 saturated carbocycles. The maximum Gasteiger partial charge on any atom is 0.274 e. The van der Waals surface area contributed by atoms with Gasteiger partial charge in [-0.3, -0.25) is 4.79 Å². The van der Waals surface area contributed by atoms with Crippen LogP contribution in [0.4, 0.5) is 4.39 Å². The summed E-state index contributed by atoms with van der Waals surface area (Å²) in [4.78, 5) is 11.9. The van der Waals surface area contributed by atoms with Crippen molar-refractivity contribution in [3.8, 4) is 11.8 Å². The Kier molecular flexibility index (Phi) is 6.43. The fourth-order valence-corrected chi connectivity index (χ4v) is 2.37. The predicted octanol–water partition coefficient (Wildman–Crippen LogP) is 3.79. The van der Waals surface area contributed by atoms with Crippen molar-refractivity contribution in [1.29, 1.82) is 5.26 Å². The Bertz CT molecular complexity index is 875. The number of halogens is 2. The van der Waals surface area contributed by atoms with Gasteiger partial charge < -0.3 is 4.74 Å². The summed E-state index contributed by atoms with van der Waals surface area (Å²) >= 11 is 3.37. The highest BCUT2D eigenvalue weighted by atomic mass is 79.9. The largest absolute Gasteiger partial charge is 0.488 e. The second-order valence-electron chi connectivity index (χ2n) is 4.80. The lowest BCUT2D eigenvalue weighted by atomic mass is 10.1. The Hall–Kier alpha value is -2.98. The Morgan fingerprint density at radius 2 is 2.20 bits per heavy atom. The van der Waals surface area contributed by atoms with Crippen LogP contribution < -0.4 is 10.2 Å². The number of amides is 1. The Balaban J connectivity index is 2.03. The number of carbonyl (C=O) groups is 1. The number of nitrogens with one attached hydrogen (secondary N) is 1. The van der Waals surface area contributed by atoms with Gasteiger partial charge in [0.05, 0.1) is 27.9 Å². The van der Waals surface area contributed by atoms with E-state index in [0.29, 0.717) is 17.9 Å². The van der Waals surface area contributed by atoms with Crippen molar-refractivity contribution in [3.05, 3.63) is 76.0 Å². The Morgan fingerprint density at radius 1 is 1.40 bits per heavy atom. The normalized spacial score (nSPS) is 10.3. The molecule has 0 radical (unpaired) electrons. The summed E-state index contributed by atoms with van der Waals surface area (Å²) in [5, 5.41) is 12.5. The van der Waals surface area contributed by atoms with E-state index < -0.39 is 11.7 Å². The summed E-state index contributed by atoms with van der Waals surface area (Å²) in [6.07, 6.45) is 3.06. The molecule has 5 nitrogen and oxygen atoms in total. The van der Waals surface area contributed by atoms with Crippen LogP contribution in [0.3, 0.4) is 0 Å². The highest BCUT2D eigenvalue weighted by Gasteiger charge is 2.11. The van der Waals surface area contributed by atoms with Gasteiger partial charge >= 0.3 is 0 Å². The highest BCUT2D eigenvalue weighted by molar-refractivity contribution is 9.10. The first kappa shape index (κ1) is 18.4. The third-order valence-electron chi connectivity index (χ3n) is 3.04. The SMILES string of the molecule is C=CCOc1ccc(/C=N\NC(=O)c2ccc(C#N)cc2F)cc1Br. The zero-order chi connectivity index (χ0) is 18.2. The van der Waals surface area contributed by atoms with Gasteiger partial charge in [0.2, 0.25) is 0 Å². The Morgan fingerprint density at radius 3 is 2.84 bits per heavy atom. The van der Waals surface area contributed by atoms with Crippen LogP contribution in [0.5, 0.6) is 5.75 Å². The van der Waals surface area contributed by atoms with Gasteiger partial charge in [0.1, 0.15) is 18.2 Å². The van der Waals surface area contributed by atoms with Gasteiger partial charge in [0.15, 0.2) is 0 Å². The average Bonchev–Trinajstić information content (AvgIpc) is 2.60. The monoisotopic (exact) mass is 401 g/mol. The van der Waals surface area contributed by atoms with Crippen LogP contribution in [0.1, 0.15) is 21.5 Å². The van der Waals surface area contributed by atoms with Gasteiger partial charge in [0.25, 0.3) is 5.91 Å². The minimum Gasteiger partial charge on any atom is -0.488 e. The molecule has 0 spiro atoms. The van der Waals surface area contributed by atoms with Crippen molar-refractivity contribution in [2.45, 2.75) is 0 Å². The average molecular weight is 402 g/mol. The maximum absolute atomic E-state index is 13.7. The molecule has 2 aromatic carbocycles. The first-order valence-electron chi connectivity index (χ1n) is 7.11. The fraction of sp³-hybridized carbons (Fsp3) is 0.0556. The van der Waals surface area contributed by atoms with Gasteiger partial charge in [-0.05, 0) is 57.9 Å². The fourth-order valence-electron chi connectivity index (χ4n) is 1.86. The van der Waals surface area contributed by atoms with E-state index in [0.717, 1.165) is 10.5 Å². The van der Waals surface area contributed by atoms with Crippen LogP contribution in [0.2, 0.25) is 0 Å². The van der Waals surface area contributed by atoms with Crippen LogP contribution >= 0.6 is 15.9 Å². The summed E-state index contributed by atoms with van der Waals surface area (Å²) in [5.74, 6) is -0.831. The van der Waals surface area contributed by atoms with Crippen LogP contribution in [0, 0.1) is 17.1 Å². The van der Waals surface area contributed by atoms with E-state index in [1.165, 1.54) is 18.3 Å². The molecular formula is C18H13BrFN3O2. The zero-order valence-electron chi connectivity index (χ0n) is 13.0. The lowest BCUT2D eigenvalue weighted by molar-refractivity contribution is 0.0951. The summed E-state index contributed by atoms with van der Waals surface area (Å²) < 4.78 is 19.9. The van der Waals surface area contributed by atoms with Crippen LogP contribution in [-0.4, -0.2) is 18.7 Å². The minimum atomic E-state index is -0.779. The third-order valence-corrected chi connectivity index (χ3v) is 3.65. The van der Waals surface area contributed by atoms with E-state index in [9.17, 15) is 9.18 Å². The van der Waals surface area contributed by atoms with Gasteiger partial charge in [0, 0.05) is 0 Å². The van der Waals surface area contributed by atoms with Crippen molar-refractivity contribution in [1.82, 2.24) is 5.43 Å². The summed E-state index contributed by atoms with van der Waals surface area (Å²) in [7, 11) is 0. The quantitative estimate of drug-likeness (QED) is 0.454. The standard InChI is InChI=1S/C18H13BrFN3O2/c1-2-7-25-17-6-4-13(8-15(17)19)11-22-23-18(24)14-5-3-12(10-21)9-16(14)20/h2-6,8-9,11H,1,7H2,(H,23,24)/b22-11-. The lowest BCUT2D eigenvalue weighted by Gasteiger charge is -2.06. The molecule has 0 heterocycles. The molecule has 1 N–H and O–H groups in total. The molecule has 2 rings (SSSR count). The smallest absolute Gasteiger partial charge is 0.274 e. The molecule has 0 fully saturated rings. The molecule has 25 heavy (non-hydrogen) atoms. The van der Waals surface area contributed by atoms with Crippen molar-refractivity contribution in [2.75, 3.05) is 6.61 Å². The first-order valence-corrected chi connectivity index (χ1v) is 7.90. The second kappa shape index (κ2) is 8.76. The number of carbonyl (C=O) groups excluding carboxylic acids is 1. The van der Waals surface area contributed by atoms with E-state index in [2.05, 4.69) is 33.0 Å². The molecule has 7 heteroatoms. The lowest BCUT2D eigenvalue weighted by Crippen LogP contribution is -2.19. The van der Waals surface area contributed by atoms with Crippen molar-refractivity contribution in [3.63, 3.8) is 0 Å². The number of ether oxygens (including phenoxy) is 1. The highest BCUT2D eigenvalue weighted by Crippen LogP contribution is 2.25. The number of hydrogen-bond acceptors (Lipinski definition) is 4. The molecule has 0 bridgehead atoms. The van der Waals surface area contributed by atoms with E-state index in [4.69, 9.17) is 10.00 Å². The van der Waals surface area contributed by atoms with Crippen LogP contribution in [-0.2, 0) is 0 Å². The maximum atomic E-state index is 13.7. The number of nitriles is 1. The third kappa shape index (κ3) is 4.99. The number of hydrazone groups is 1. The predicted molar refractivity (Wildman–Crippen MR) is 96.0 cm³/mol. The molecule has 0 aliphatic heterocycles. The van der Waals surface area contributed by atoms with Gasteiger partial charge in [-0.25, -0.2) is 9.82 Å². The second-order valence-corrected chi connectivity index (χ2v) is 5.65. The number of hydrogen-bond donors (Lipinski definition) is 1. The summed E-state index contributed by atoms with van der Waals surface area (Å²) in [6.45, 7) is 3.96. The molecule has 0 saturated heterocycles. The Labute approximate surface area is 152 Å². The van der Waals surface area contributed by atoms with Gasteiger partial charge in [-0.1, -0.05) is 12.7 Å². The van der Waals surface area contributed by atoms with E-state index in [-0.39, 0.29) is 11.1 Å². The van der Waals surface area contributed by atoms with Gasteiger partial charge in [-0.2, -0.15) is 10.4 Å². The summed E-state index contributed by atoms with van der Waals surface area (Å²) in [6, 6.07) is 10.7. The van der Waals surface area contributed by atoms with E-state index in [1.807, 2.05) is 0 Å². The van der Waals surface area contributed by atoms with Gasteiger partial charge in [-0.15, -0.1) is 0 Å². The summed E-state index contributed by atoms with van der Waals surface area (Å²) in [5.41, 5.74) is 2.90. The molecule has 126 valence electrons. The number of rotatable bonds is 6. The molecule has 2 aromatic rings. The first-order chi connectivity index (χ1) is 12.0. The van der Waals surface area contributed by atoms with Crippen molar-refractivity contribution in [2.24, 2.45) is 5.10 Å². The zero-order valence-corrected chi connectivity index (χ0v) is 14.6. The van der Waals surface area contributed by atoms with E-state index >= 15 is 0 Å². The minimum absolute atomic E-state index is 0.140. The molecule has 1 amide bonds. The van der Waals surface area contributed by atoms with Crippen LogP contribution in [0.15, 0.2) is 58.6 Å². The van der Waals surface area contributed by atoms with Crippen LogP contribution in [0.25, 0.3) is 0 Å². The number of benzene rings is 2.